The molecule has 20 heavy (non-hydrogen) atoms. The first-order valence-corrected chi connectivity index (χ1v) is 6.90. The molecule has 0 bridgehead atoms. The normalized spacial score (nSPS) is 12.8. The molecule has 6 heteroatoms. The zero-order chi connectivity index (χ0) is 15.9. The Kier molecular flexibility index (Phi) is 8.06. The van der Waals surface area contributed by atoms with Crippen LogP contribution in [0.5, 0.6) is 0 Å². The minimum absolute atomic E-state index is 0.00816. The van der Waals surface area contributed by atoms with Gasteiger partial charge in [-0.25, -0.2) is 0 Å². The number of hydrogen-bond acceptors (Lipinski definition) is 4. The van der Waals surface area contributed by atoms with Gasteiger partial charge in [0, 0.05) is 12.6 Å². The highest BCUT2D eigenvalue weighted by Crippen LogP contribution is 2.04. The maximum atomic E-state index is 12.0. The van der Waals surface area contributed by atoms with Crippen LogP contribution in [0, 0.1) is 5.92 Å². The van der Waals surface area contributed by atoms with Crippen LogP contribution in [-0.4, -0.2) is 52.8 Å². The summed E-state index contributed by atoms with van der Waals surface area (Å²) in [4.78, 5) is 35.8. The second-order valence-corrected chi connectivity index (χ2v) is 5.61. The maximum Gasteiger partial charge on any atom is 0.304 e. The van der Waals surface area contributed by atoms with Crippen LogP contribution in [-0.2, 0) is 14.4 Å². The highest BCUT2D eigenvalue weighted by molar-refractivity contribution is 5.88. The molecule has 0 aromatic rings. The highest BCUT2D eigenvalue weighted by Gasteiger charge is 2.22. The van der Waals surface area contributed by atoms with E-state index in [9.17, 15) is 14.4 Å². The summed E-state index contributed by atoms with van der Waals surface area (Å²) in [7, 11) is 0. The minimum Gasteiger partial charge on any atom is -0.481 e. The lowest BCUT2D eigenvalue weighted by Crippen LogP contribution is -2.48. The third-order valence-corrected chi connectivity index (χ3v) is 3.11. The van der Waals surface area contributed by atoms with E-state index >= 15 is 0 Å². The molecular weight excluding hydrogens is 260 g/mol. The van der Waals surface area contributed by atoms with E-state index in [1.807, 2.05) is 27.7 Å². The highest BCUT2D eigenvalue weighted by atomic mass is 16.4. The summed E-state index contributed by atoms with van der Waals surface area (Å²) in [5.41, 5.74) is 0. The van der Waals surface area contributed by atoms with Gasteiger partial charge in [-0.3, -0.25) is 19.3 Å². The lowest BCUT2D eigenvalue weighted by Gasteiger charge is -2.27. The molecule has 0 saturated heterocycles. The molecule has 0 spiro atoms. The Hall–Kier alpha value is -1.43. The van der Waals surface area contributed by atoms with Gasteiger partial charge in [-0.1, -0.05) is 13.8 Å². The van der Waals surface area contributed by atoms with Crippen LogP contribution in [0.4, 0.5) is 0 Å². The summed E-state index contributed by atoms with van der Waals surface area (Å²) in [6.45, 7) is 9.41. The number of carboxylic acids is 1. The number of hydrogen-bond donors (Lipinski definition) is 2. The molecule has 0 aliphatic rings. The molecule has 0 aromatic carbocycles. The largest absolute Gasteiger partial charge is 0.481 e. The molecule has 0 rings (SSSR count). The van der Waals surface area contributed by atoms with Crippen LogP contribution in [0.15, 0.2) is 0 Å². The number of ketones is 1. The lowest BCUT2D eigenvalue weighted by atomic mass is 10.0. The van der Waals surface area contributed by atoms with Gasteiger partial charge >= 0.3 is 5.97 Å². The summed E-state index contributed by atoms with van der Waals surface area (Å²) < 4.78 is 0. The average molecular weight is 286 g/mol. The first-order valence-electron chi connectivity index (χ1n) is 6.90. The molecule has 0 aliphatic heterocycles. The van der Waals surface area contributed by atoms with Gasteiger partial charge in [0.1, 0.15) is 0 Å². The Labute approximate surface area is 120 Å². The summed E-state index contributed by atoms with van der Waals surface area (Å²) in [6.07, 6.45) is -0.00816. The first kappa shape index (κ1) is 18.6. The quantitative estimate of drug-likeness (QED) is 0.657. The summed E-state index contributed by atoms with van der Waals surface area (Å²) in [6, 6.07) is -0.425. The fraction of sp³-hybridized carbons (Fsp3) is 0.786. The van der Waals surface area contributed by atoms with E-state index in [1.54, 1.807) is 4.90 Å². The second kappa shape index (κ2) is 8.68. The van der Waals surface area contributed by atoms with Crippen molar-refractivity contribution in [3.8, 4) is 0 Å². The van der Waals surface area contributed by atoms with Crippen molar-refractivity contribution in [2.24, 2.45) is 5.92 Å². The molecule has 6 nitrogen and oxygen atoms in total. The minimum atomic E-state index is -0.889. The van der Waals surface area contributed by atoms with Crippen LogP contribution >= 0.6 is 0 Å². The zero-order valence-electron chi connectivity index (χ0n) is 13.0. The van der Waals surface area contributed by atoms with Crippen molar-refractivity contribution in [3.05, 3.63) is 0 Å². The van der Waals surface area contributed by atoms with Gasteiger partial charge in [-0.15, -0.1) is 0 Å². The fourth-order valence-corrected chi connectivity index (χ4v) is 1.90. The molecule has 0 radical (unpaired) electrons. The predicted molar refractivity (Wildman–Crippen MR) is 76.4 cm³/mol. The Morgan fingerprint density at radius 2 is 1.70 bits per heavy atom. The van der Waals surface area contributed by atoms with Crippen LogP contribution in [0.3, 0.4) is 0 Å². The van der Waals surface area contributed by atoms with Gasteiger partial charge in [-0.05, 0) is 26.7 Å². The third kappa shape index (κ3) is 7.23. The number of carboxylic acid groups (broad SMARTS) is 1. The van der Waals surface area contributed by atoms with Crippen molar-refractivity contribution in [1.82, 2.24) is 10.2 Å². The summed E-state index contributed by atoms with van der Waals surface area (Å²) >= 11 is 0. The van der Waals surface area contributed by atoms with Crippen molar-refractivity contribution < 1.29 is 19.5 Å². The van der Waals surface area contributed by atoms with E-state index in [4.69, 9.17) is 5.11 Å². The van der Waals surface area contributed by atoms with Crippen LogP contribution in [0.25, 0.3) is 0 Å². The Bertz CT molecular complexity index is 353. The predicted octanol–water partition coefficient (Wildman–Crippen LogP) is 0.901. The molecule has 2 N–H and O–H groups in total. The van der Waals surface area contributed by atoms with E-state index < -0.39 is 12.0 Å². The SMILES string of the molecule is CC(=O)C(NC(=O)CN(CCC(=O)O)C(C)C)C(C)C. The number of nitrogens with zero attached hydrogens (tertiary/aromatic N) is 1. The van der Waals surface area contributed by atoms with Gasteiger partial charge in [0.15, 0.2) is 5.78 Å². The topological polar surface area (TPSA) is 86.7 Å². The molecule has 1 unspecified atom stereocenters. The van der Waals surface area contributed by atoms with Gasteiger partial charge in [0.05, 0.1) is 19.0 Å². The number of Topliss-reactive ketones (excluding diaryl/α,β-unsaturated/α-hetero) is 1. The molecule has 116 valence electrons. The van der Waals surface area contributed by atoms with Crippen molar-refractivity contribution in [3.63, 3.8) is 0 Å². The van der Waals surface area contributed by atoms with Gasteiger partial charge in [-0.2, -0.15) is 0 Å². The van der Waals surface area contributed by atoms with Gasteiger partial charge < -0.3 is 10.4 Å². The Morgan fingerprint density at radius 3 is 2.05 bits per heavy atom. The van der Waals surface area contributed by atoms with Crippen molar-refractivity contribution >= 4 is 17.7 Å². The fourth-order valence-electron chi connectivity index (χ4n) is 1.90. The van der Waals surface area contributed by atoms with Crippen molar-refractivity contribution in [2.45, 2.75) is 53.1 Å². The van der Waals surface area contributed by atoms with Crippen LogP contribution in [0.1, 0.15) is 41.0 Å². The zero-order valence-corrected chi connectivity index (χ0v) is 13.0. The molecule has 1 amide bonds. The number of aliphatic carboxylic acids is 1. The smallest absolute Gasteiger partial charge is 0.304 e. The molecule has 0 heterocycles. The number of carbonyl (C=O) groups excluding carboxylic acids is 2. The number of carbonyl (C=O) groups is 3. The molecule has 0 fully saturated rings. The van der Waals surface area contributed by atoms with Gasteiger partial charge in [0.2, 0.25) is 5.91 Å². The van der Waals surface area contributed by atoms with Crippen molar-refractivity contribution in [2.75, 3.05) is 13.1 Å². The molecule has 0 aromatic heterocycles. The van der Waals surface area contributed by atoms with E-state index in [1.165, 1.54) is 6.92 Å². The van der Waals surface area contributed by atoms with E-state index in [-0.39, 0.29) is 36.6 Å². The Morgan fingerprint density at radius 1 is 1.15 bits per heavy atom. The number of nitrogens with one attached hydrogen (secondary N) is 1. The Balaban J connectivity index is 4.52. The van der Waals surface area contributed by atoms with E-state index in [0.29, 0.717) is 6.54 Å². The summed E-state index contributed by atoms with van der Waals surface area (Å²) in [5.74, 6) is -1.18. The lowest BCUT2D eigenvalue weighted by molar-refractivity contribution is -0.138. The molecular formula is C14H26N2O4. The van der Waals surface area contributed by atoms with Crippen LogP contribution in [0.2, 0.25) is 0 Å². The van der Waals surface area contributed by atoms with Gasteiger partial charge in [0.25, 0.3) is 0 Å². The average Bonchev–Trinajstić information content (AvgIpc) is 2.29. The van der Waals surface area contributed by atoms with E-state index in [2.05, 4.69) is 5.32 Å². The standard InChI is InChI=1S/C14H26N2O4/c1-9(2)14(11(5)17)15-12(18)8-16(10(3)4)7-6-13(19)20/h9-10,14H,6-8H2,1-5H3,(H,15,18)(H,19,20). The second-order valence-electron chi connectivity index (χ2n) is 5.61. The molecule has 1 atom stereocenters. The van der Waals surface area contributed by atoms with Crippen LogP contribution < -0.4 is 5.32 Å². The summed E-state index contributed by atoms with van der Waals surface area (Å²) in [5, 5.41) is 11.4. The van der Waals surface area contributed by atoms with Crippen molar-refractivity contribution in [1.29, 1.82) is 0 Å². The van der Waals surface area contributed by atoms with E-state index in [0.717, 1.165) is 0 Å². The number of amides is 1. The maximum absolute atomic E-state index is 12.0. The number of rotatable bonds is 9. The molecule has 0 saturated carbocycles. The third-order valence-electron chi connectivity index (χ3n) is 3.11. The molecule has 0 aliphatic carbocycles. The monoisotopic (exact) mass is 286 g/mol. The first-order chi connectivity index (χ1) is 9.15.